The molecule has 3 heteroatoms. The number of halogens is 2. The molecule has 0 spiro atoms. The van der Waals surface area contributed by atoms with Crippen molar-refractivity contribution in [1.82, 2.24) is 0 Å². The third kappa shape index (κ3) is 2.92. The molecule has 1 aromatic rings. The maximum Gasteiger partial charge on any atom is 0.143 e. The van der Waals surface area contributed by atoms with Gasteiger partial charge in [0.2, 0.25) is 0 Å². The van der Waals surface area contributed by atoms with Crippen LogP contribution >= 0.6 is 11.6 Å². The molecule has 0 aliphatic heterocycles. The van der Waals surface area contributed by atoms with Crippen LogP contribution in [0.25, 0.3) is 0 Å². The van der Waals surface area contributed by atoms with Crippen molar-refractivity contribution >= 4 is 17.3 Å². The molecular formula is C14H19ClFN. The van der Waals surface area contributed by atoms with Crippen molar-refractivity contribution in [2.24, 2.45) is 11.3 Å². The minimum Gasteiger partial charge on any atom is -0.382 e. The Morgan fingerprint density at radius 1 is 1.35 bits per heavy atom. The molecule has 0 heterocycles. The van der Waals surface area contributed by atoms with Crippen molar-refractivity contribution in [2.75, 3.05) is 5.32 Å². The molecule has 2 rings (SSSR count). The molecule has 1 aromatic carbocycles. The SMILES string of the molecule is CC1CC(C)(C)CC1Nc1ccc(Cl)c(F)c1. The normalized spacial score (nSPS) is 27.1. The molecule has 0 aromatic heterocycles. The first kappa shape index (κ1) is 12.7. The summed E-state index contributed by atoms with van der Waals surface area (Å²) in [5.41, 5.74) is 1.20. The Kier molecular flexibility index (Phi) is 3.35. The van der Waals surface area contributed by atoms with Crippen LogP contribution < -0.4 is 5.32 Å². The van der Waals surface area contributed by atoms with Gasteiger partial charge in [-0.15, -0.1) is 0 Å². The number of rotatable bonds is 2. The maximum atomic E-state index is 13.3. The second-order valence-corrected chi connectivity index (χ2v) is 6.34. The van der Waals surface area contributed by atoms with E-state index in [0.717, 1.165) is 12.1 Å². The van der Waals surface area contributed by atoms with Gasteiger partial charge in [-0.2, -0.15) is 0 Å². The lowest BCUT2D eigenvalue weighted by molar-refractivity contribution is 0.366. The number of hydrogen-bond donors (Lipinski definition) is 1. The van der Waals surface area contributed by atoms with Crippen LogP contribution in [0.15, 0.2) is 18.2 Å². The van der Waals surface area contributed by atoms with E-state index in [2.05, 4.69) is 26.1 Å². The first-order valence-corrected chi connectivity index (χ1v) is 6.47. The first-order chi connectivity index (χ1) is 7.87. The quantitative estimate of drug-likeness (QED) is 0.807. The Morgan fingerprint density at radius 3 is 2.59 bits per heavy atom. The first-order valence-electron chi connectivity index (χ1n) is 6.09. The van der Waals surface area contributed by atoms with Gasteiger partial charge < -0.3 is 5.32 Å². The van der Waals surface area contributed by atoms with E-state index in [1.165, 1.54) is 12.5 Å². The predicted molar refractivity (Wildman–Crippen MR) is 71.0 cm³/mol. The largest absolute Gasteiger partial charge is 0.382 e. The van der Waals surface area contributed by atoms with Crippen molar-refractivity contribution < 1.29 is 4.39 Å². The fourth-order valence-corrected chi connectivity index (χ4v) is 3.00. The summed E-state index contributed by atoms with van der Waals surface area (Å²) in [7, 11) is 0. The van der Waals surface area contributed by atoms with Crippen molar-refractivity contribution in [2.45, 2.75) is 39.7 Å². The van der Waals surface area contributed by atoms with Crippen molar-refractivity contribution in [3.8, 4) is 0 Å². The molecule has 1 fully saturated rings. The smallest absolute Gasteiger partial charge is 0.143 e. The molecule has 1 saturated carbocycles. The third-order valence-electron chi connectivity index (χ3n) is 3.61. The standard InChI is InChI=1S/C14H19ClFN/c1-9-7-14(2,3)8-13(9)17-10-4-5-11(15)12(16)6-10/h4-6,9,13,17H,7-8H2,1-3H3. The predicted octanol–water partition coefficient (Wildman–Crippen LogP) is 4.72. The van der Waals surface area contributed by atoms with E-state index in [-0.39, 0.29) is 10.8 Å². The molecule has 0 radical (unpaired) electrons. The fraction of sp³-hybridized carbons (Fsp3) is 0.571. The highest BCUT2D eigenvalue weighted by Crippen LogP contribution is 2.42. The molecule has 0 amide bonds. The number of anilines is 1. The molecule has 0 saturated heterocycles. The Labute approximate surface area is 107 Å². The molecule has 17 heavy (non-hydrogen) atoms. The van der Waals surface area contributed by atoms with Gasteiger partial charge in [0.15, 0.2) is 0 Å². The van der Waals surface area contributed by atoms with Gasteiger partial charge in [-0.1, -0.05) is 32.4 Å². The van der Waals surface area contributed by atoms with Gasteiger partial charge in [0.05, 0.1) is 5.02 Å². The topological polar surface area (TPSA) is 12.0 Å². The van der Waals surface area contributed by atoms with Crippen LogP contribution in [-0.2, 0) is 0 Å². The van der Waals surface area contributed by atoms with Gasteiger partial charge >= 0.3 is 0 Å². The lowest BCUT2D eigenvalue weighted by Crippen LogP contribution is -2.22. The van der Waals surface area contributed by atoms with Crippen LogP contribution in [0.1, 0.15) is 33.6 Å². The number of hydrogen-bond acceptors (Lipinski definition) is 1. The van der Waals surface area contributed by atoms with E-state index in [9.17, 15) is 4.39 Å². The lowest BCUT2D eigenvalue weighted by atomic mass is 9.91. The van der Waals surface area contributed by atoms with Crippen molar-refractivity contribution in [1.29, 1.82) is 0 Å². The van der Waals surface area contributed by atoms with Gasteiger partial charge in [-0.05, 0) is 42.4 Å². The van der Waals surface area contributed by atoms with Gasteiger partial charge in [-0.3, -0.25) is 0 Å². The number of benzene rings is 1. The minimum atomic E-state index is -0.360. The molecule has 2 atom stereocenters. The Hall–Kier alpha value is -0.760. The highest BCUT2D eigenvalue weighted by atomic mass is 35.5. The Balaban J connectivity index is 2.08. The van der Waals surface area contributed by atoms with E-state index < -0.39 is 0 Å². The van der Waals surface area contributed by atoms with Gasteiger partial charge in [0.25, 0.3) is 0 Å². The van der Waals surface area contributed by atoms with E-state index in [0.29, 0.717) is 17.4 Å². The average molecular weight is 256 g/mol. The second kappa shape index (κ2) is 4.49. The fourth-order valence-electron chi connectivity index (χ4n) is 2.89. The summed E-state index contributed by atoms with van der Waals surface area (Å²) in [4.78, 5) is 0. The molecule has 94 valence electrons. The van der Waals surface area contributed by atoms with Gasteiger partial charge in [-0.25, -0.2) is 4.39 Å². The molecular weight excluding hydrogens is 237 g/mol. The van der Waals surface area contributed by atoms with Crippen LogP contribution in [0.4, 0.5) is 10.1 Å². The monoisotopic (exact) mass is 255 g/mol. The Morgan fingerprint density at radius 2 is 2.06 bits per heavy atom. The third-order valence-corrected chi connectivity index (χ3v) is 3.91. The van der Waals surface area contributed by atoms with Gasteiger partial charge in [0.1, 0.15) is 5.82 Å². The number of nitrogens with one attached hydrogen (secondary N) is 1. The lowest BCUT2D eigenvalue weighted by Gasteiger charge is -2.20. The van der Waals surface area contributed by atoms with Crippen LogP contribution in [0, 0.1) is 17.2 Å². The molecule has 1 N–H and O–H groups in total. The van der Waals surface area contributed by atoms with E-state index in [4.69, 9.17) is 11.6 Å². The average Bonchev–Trinajstić information content (AvgIpc) is 2.46. The van der Waals surface area contributed by atoms with Crippen LogP contribution in [0.5, 0.6) is 0 Å². The summed E-state index contributed by atoms with van der Waals surface area (Å²) < 4.78 is 13.3. The van der Waals surface area contributed by atoms with Crippen LogP contribution in [-0.4, -0.2) is 6.04 Å². The Bertz CT molecular complexity index is 417. The summed E-state index contributed by atoms with van der Waals surface area (Å²) in [5.74, 6) is 0.255. The molecule has 1 nitrogen and oxygen atoms in total. The van der Waals surface area contributed by atoms with E-state index >= 15 is 0 Å². The summed E-state index contributed by atoms with van der Waals surface area (Å²) >= 11 is 5.67. The highest BCUT2D eigenvalue weighted by molar-refractivity contribution is 6.30. The van der Waals surface area contributed by atoms with Gasteiger partial charge in [0, 0.05) is 11.7 Å². The van der Waals surface area contributed by atoms with Crippen molar-refractivity contribution in [3.05, 3.63) is 29.0 Å². The maximum absolute atomic E-state index is 13.3. The summed E-state index contributed by atoms with van der Waals surface area (Å²) in [5, 5.41) is 3.59. The van der Waals surface area contributed by atoms with Crippen molar-refractivity contribution in [3.63, 3.8) is 0 Å². The molecule has 0 bridgehead atoms. The zero-order valence-electron chi connectivity index (χ0n) is 10.6. The second-order valence-electron chi connectivity index (χ2n) is 5.93. The van der Waals surface area contributed by atoms with Crippen LogP contribution in [0.2, 0.25) is 5.02 Å². The summed E-state index contributed by atoms with van der Waals surface area (Å²) in [6, 6.07) is 5.33. The molecule has 1 aliphatic carbocycles. The van der Waals surface area contributed by atoms with E-state index in [1.807, 2.05) is 6.07 Å². The summed E-state index contributed by atoms with van der Waals surface area (Å²) in [6.07, 6.45) is 2.33. The highest BCUT2D eigenvalue weighted by Gasteiger charge is 2.36. The molecule has 1 aliphatic rings. The van der Waals surface area contributed by atoms with E-state index in [1.54, 1.807) is 6.07 Å². The zero-order valence-corrected chi connectivity index (χ0v) is 11.3. The molecule has 2 unspecified atom stereocenters. The zero-order chi connectivity index (χ0) is 12.6. The minimum absolute atomic E-state index is 0.176. The van der Waals surface area contributed by atoms with Crippen LogP contribution in [0.3, 0.4) is 0 Å². The summed E-state index contributed by atoms with van der Waals surface area (Å²) in [6.45, 7) is 6.82.